The standard InChI is InChI=1S/C66H44N2O/c1-2-17-46(18-3-1)55-25-4-5-26-56(55)50-22-16-23-53(43-50)67(62-31-10-6-27-57(62)51-37-40-61-60-30-9-13-34-65(60)69-66(61)44-51)52-38-35-45(36-39-52)47-19-14-20-48(41-47)49-21-15-24-54(42-49)68-63-32-11-7-28-58(63)59-29-8-12-33-64(59)68/h1-44H. The molecule has 0 aliphatic heterocycles. The number of furan rings is 1. The van der Waals surface area contributed by atoms with Gasteiger partial charge in [-0.1, -0.05) is 188 Å². The summed E-state index contributed by atoms with van der Waals surface area (Å²) in [5, 5.41) is 4.76. The van der Waals surface area contributed by atoms with Crippen LogP contribution in [-0.4, -0.2) is 4.57 Å². The molecule has 0 atom stereocenters. The molecule has 0 spiro atoms. The minimum atomic E-state index is 0.875. The van der Waals surface area contributed by atoms with Crippen molar-refractivity contribution < 1.29 is 4.42 Å². The smallest absolute Gasteiger partial charge is 0.136 e. The predicted octanol–water partition coefficient (Wildman–Crippen LogP) is 18.5. The third-order valence-electron chi connectivity index (χ3n) is 13.6. The van der Waals surface area contributed by atoms with Crippen molar-refractivity contribution in [1.29, 1.82) is 0 Å². The maximum Gasteiger partial charge on any atom is 0.136 e. The molecule has 0 aliphatic rings. The van der Waals surface area contributed by atoms with E-state index in [9.17, 15) is 0 Å². The number of rotatable bonds is 9. The van der Waals surface area contributed by atoms with Crippen molar-refractivity contribution in [3.05, 3.63) is 267 Å². The Morgan fingerprint density at radius 1 is 0.275 bits per heavy atom. The molecule has 0 bridgehead atoms. The predicted molar refractivity (Wildman–Crippen MR) is 290 cm³/mol. The van der Waals surface area contributed by atoms with E-state index in [2.05, 4.69) is 264 Å². The van der Waals surface area contributed by atoms with Crippen LogP contribution in [0, 0.1) is 0 Å². The molecular formula is C66H44N2O. The molecule has 0 fully saturated rings. The second kappa shape index (κ2) is 16.9. The van der Waals surface area contributed by atoms with Gasteiger partial charge in [0.05, 0.1) is 16.7 Å². The molecule has 13 aromatic rings. The molecular weight excluding hydrogens is 837 g/mol. The summed E-state index contributed by atoms with van der Waals surface area (Å²) < 4.78 is 8.81. The fourth-order valence-electron chi connectivity index (χ4n) is 10.4. The SMILES string of the molecule is c1ccc(-c2ccccc2-c2cccc(N(c3ccc(-c4cccc(-c5cccc(-n6c7ccccc7c7ccccc76)c5)c4)cc3)c3ccccc3-c3ccc4c(c3)oc3ccccc34)c2)cc1. The van der Waals surface area contributed by atoms with Crippen molar-refractivity contribution >= 4 is 60.8 Å². The van der Waals surface area contributed by atoms with Gasteiger partial charge in [0, 0.05) is 44.2 Å². The highest BCUT2D eigenvalue weighted by atomic mass is 16.3. The maximum absolute atomic E-state index is 6.43. The van der Waals surface area contributed by atoms with Crippen LogP contribution in [0.4, 0.5) is 17.1 Å². The number of hydrogen-bond acceptors (Lipinski definition) is 2. The summed E-state index contributed by atoms with van der Waals surface area (Å²) in [6, 6.07) is 96.1. The third kappa shape index (κ3) is 7.16. The molecule has 0 saturated carbocycles. The molecule has 0 aliphatic carbocycles. The van der Waals surface area contributed by atoms with Crippen LogP contribution in [0.5, 0.6) is 0 Å². The van der Waals surface area contributed by atoms with Crippen LogP contribution < -0.4 is 4.90 Å². The molecule has 324 valence electrons. The normalized spacial score (nSPS) is 11.5. The topological polar surface area (TPSA) is 21.3 Å². The lowest BCUT2D eigenvalue weighted by atomic mass is 9.94. The average molecular weight is 881 g/mol. The van der Waals surface area contributed by atoms with Gasteiger partial charge in [-0.05, 0) is 129 Å². The molecule has 3 nitrogen and oxygen atoms in total. The van der Waals surface area contributed by atoms with Gasteiger partial charge in [-0.25, -0.2) is 0 Å². The first-order valence-electron chi connectivity index (χ1n) is 23.6. The van der Waals surface area contributed by atoms with Gasteiger partial charge in [0.1, 0.15) is 11.2 Å². The Morgan fingerprint density at radius 2 is 0.797 bits per heavy atom. The molecule has 3 heteroatoms. The highest BCUT2D eigenvalue weighted by Gasteiger charge is 2.20. The zero-order valence-corrected chi connectivity index (χ0v) is 37.7. The van der Waals surface area contributed by atoms with E-state index in [1.54, 1.807) is 0 Å². The Hall–Kier alpha value is -9.18. The second-order valence-electron chi connectivity index (χ2n) is 17.7. The third-order valence-corrected chi connectivity index (χ3v) is 13.6. The Morgan fingerprint density at radius 3 is 1.57 bits per heavy atom. The van der Waals surface area contributed by atoms with Gasteiger partial charge in [-0.2, -0.15) is 0 Å². The van der Waals surface area contributed by atoms with E-state index < -0.39 is 0 Å². The van der Waals surface area contributed by atoms with Crippen LogP contribution in [0.1, 0.15) is 0 Å². The average Bonchev–Trinajstić information content (AvgIpc) is 3.97. The first kappa shape index (κ1) is 40.1. The molecule has 2 aromatic heterocycles. The molecule has 0 N–H and O–H groups in total. The van der Waals surface area contributed by atoms with Gasteiger partial charge < -0.3 is 13.9 Å². The van der Waals surface area contributed by atoms with Crippen molar-refractivity contribution in [1.82, 2.24) is 4.57 Å². The number of aromatic nitrogens is 1. The Balaban J connectivity index is 0.904. The fourth-order valence-corrected chi connectivity index (χ4v) is 10.4. The van der Waals surface area contributed by atoms with Crippen molar-refractivity contribution in [2.75, 3.05) is 4.90 Å². The zero-order chi connectivity index (χ0) is 45.7. The van der Waals surface area contributed by atoms with E-state index in [1.807, 2.05) is 12.1 Å². The molecule has 0 radical (unpaired) electrons. The van der Waals surface area contributed by atoms with Gasteiger partial charge in [-0.15, -0.1) is 0 Å². The van der Waals surface area contributed by atoms with Crippen LogP contribution >= 0.6 is 0 Å². The Kier molecular flexibility index (Phi) is 9.84. The van der Waals surface area contributed by atoms with Gasteiger partial charge in [0.25, 0.3) is 0 Å². The van der Waals surface area contributed by atoms with Gasteiger partial charge in [0.2, 0.25) is 0 Å². The summed E-state index contributed by atoms with van der Waals surface area (Å²) in [6.45, 7) is 0. The van der Waals surface area contributed by atoms with Crippen molar-refractivity contribution in [2.24, 2.45) is 0 Å². The van der Waals surface area contributed by atoms with E-state index in [1.165, 1.54) is 49.6 Å². The number of nitrogens with zero attached hydrogens (tertiary/aromatic N) is 2. The van der Waals surface area contributed by atoms with E-state index in [0.29, 0.717) is 0 Å². The molecule has 0 saturated heterocycles. The fraction of sp³-hybridized carbons (Fsp3) is 0. The summed E-state index contributed by atoms with van der Waals surface area (Å²) in [7, 11) is 0. The quantitative estimate of drug-likeness (QED) is 0.144. The lowest BCUT2D eigenvalue weighted by Crippen LogP contribution is -2.11. The first-order valence-corrected chi connectivity index (χ1v) is 23.6. The minimum absolute atomic E-state index is 0.875. The molecule has 0 unspecified atom stereocenters. The largest absolute Gasteiger partial charge is 0.456 e. The van der Waals surface area contributed by atoms with Gasteiger partial charge in [-0.3, -0.25) is 0 Å². The van der Waals surface area contributed by atoms with E-state index >= 15 is 0 Å². The van der Waals surface area contributed by atoms with Gasteiger partial charge in [0.15, 0.2) is 0 Å². The molecule has 0 amide bonds. The lowest BCUT2D eigenvalue weighted by Gasteiger charge is -2.28. The van der Waals surface area contributed by atoms with Crippen molar-refractivity contribution in [3.8, 4) is 61.3 Å². The number of hydrogen-bond donors (Lipinski definition) is 0. The maximum atomic E-state index is 6.43. The minimum Gasteiger partial charge on any atom is -0.456 e. The Labute approximate surface area is 401 Å². The second-order valence-corrected chi connectivity index (χ2v) is 17.7. The van der Waals surface area contributed by atoms with Gasteiger partial charge >= 0.3 is 0 Å². The van der Waals surface area contributed by atoms with E-state index in [4.69, 9.17) is 4.42 Å². The van der Waals surface area contributed by atoms with Crippen molar-refractivity contribution in [2.45, 2.75) is 0 Å². The van der Waals surface area contributed by atoms with Crippen LogP contribution in [0.25, 0.3) is 105 Å². The molecule has 13 rings (SSSR count). The van der Waals surface area contributed by atoms with Crippen LogP contribution in [0.3, 0.4) is 0 Å². The number of para-hydroxylation sites is 4. The summed E-state index contributed by atoms with van der Waals surface area (Å²) in [5.74, 6) is 0. The van der Waals surface area contributed by atoms with Crippen LogP contribution in [-0.2, 0) is 0 Å². The summed E-state index contributed by atoms with van der Waals surface area (Å²) >= 11 is 0. The zero-order valence-electron chi connectivity index (χ0n) is 37.7. The van der Waals surface area contributed by atoms with E-state index in [-0.39, 0.29) is 0 Å². The van der Waals surface area contributed by atoms with Crippen LogP contribution in [0.15, 0.2) is 271 Å². The summed E-state index contributed by atoms with van der Waals surface area (Å²) in [6.07, 6.45) is 0. The summed E-state index contributed by atoms with van der Waals surface area (Å²) in [4.78, 5) is 2.40. The molecule has 69 heavy (non-hydrogen) atoms. The van der Waals surface area contributed by atoms with Crippen LogP contribution in [0.2, 0.25) is 0 Å². The van der Waals surface area contributed by atoms with E-state index in [0.717, 1.165) is 72.5 Å². The number of anilines is 3. The Bertz CT molecular complexity index is 3970. The first-order chi connectivity index (χ1) is 34.2. The van der Waals surface area contributed by atoms with Crippen molar-refractivity contribution in [3.63, 3.8) is 0 Å². The number of fused-ring (bicyclic) bond motifs is 6. The molecule has 11 aromatic carbocycles. The lowest BCUT2D eigenvalue weighted by molar-refractivity contribution is 0.669. The highest BCUT2D eigenvalue weighted by molar-refractivity contribution is 6.09. The molecule has 2 heterocycles. The highest BCUT2D eigenvalue weighted by Crippen LogP contribution is 2.44. The monoisotopic (exact) mass is 880 g/mol. The number of benzene rings is 11. The summed E-state index contributed by atoms with van der Waals surface area (Å²) in [5.41, 5.74) is 20.1.